The summed E-state index contributed by atoms with van der Waals surface area (Å²) in [6, 6.07) is 5.15. The Morgan fingerprint density at radius 2 is 2.00 bits per heavy atom. The summed E-state index contributed by atoms with van der Waals surface area (Å²) < 4.78 is 45.5. The molecule has 0 aliphatic heterocycles. The summed E-state index contributed by atoms with van der Waals surface area (Å²) in [6.45, 7) is 3.40. The maximum atomic E-state index is 11.7. The van der Waals surface area contributed by atoms with Crippen LogP contribution in [0.2, 0.25) is 0 Å². The molecular formula is C9H13NO4S2. The van der Waals surface area contributed by atoms with Crippen molar-refractivity contribution in [2.45, 2.75) is 29.7 Å². The molecule has 0 spiro atoms. The Labute approximate surface area is 97.2 Å². The summed E-state index contributed by atoms with van der Waals surface area (Å²) in [5, 5.41) is 0. The Kier molecular flexibility index (Phi) is 4.20. The summed E-state index contributed by atoms with van der Waals surface area (Å²) in [5.74, 6) is 0. The van der Waals surface area contributed by atoms with E-state index in [2.05, 4.69) is 4.72 Å². The Balaban J connectivity index is 3.14. The average molecular weight is 263 g/mol. The van der Waals surface area contributed by atoms with Gasteiger partial charge in [0.25, 0.3) is 0 Å². The number of rotatable bonds is 4. The lowest BCUT2D eigenvalue weighted by Crippen LogP contribution is -2.30. The van der Waals surface area contributed by atoms with Gasteiger partial charge in [0.15, 0.2) is 11.1 Å². The van der Waals surface area contributed by atoms with Crippen molar-refractivity contribution in [1.82, 2.24) is 4.72 Å². The van der Waals surface area contributed by atoms with Gasteiger partial charge in [-0.15, -0.1) is 0 Å². The first-order chi connectivity index (χ1) is 7.33. The van der Waals surface area contributed by atoms with Crippen molar-refractivity contribution < 1.29 is 17.2 Å². The molecule has 1 aromatic rings. The first-order valence-electron chi connectivity index (χ1n) is 4.56. The van der Waals surface area contributed by atoms with Gasteiger partial charge >= 0.3 is 0 Å². The van der Waals surface area contributed by atoms with Crippen LogP contribution in [0.25, 0.3) is 0 Å². The fourth-order valence-electron chi connectivity index (χ4n) is 1.13. The van der Waals surface area contributed by atoms with E-state index in [1.807, 2.05) is 0 Å². The Morgan fingerprint density at radius 3 is 2.50 bits per heavy atom. The molecule has 7 heteroatoms. The van der Waals surface area contributed by atoms with E-state index in [1.54, 1.807) is 13.8 Å². The van der Waals surface area contributed by atoms with Gasteiger partial charge in [-0.3, -0.25) is 0 Å². The highest BCUT2D eigenvalue weighted by Crippen LogP contribution is 2.13. The van der Waals surface area contributed by atoms with Gasteiger partial charge in [-0.05, 0) is 32.0 Å². The van der Waals surface area contributed by atoms with Crippen LogP contribution in [0.3, 0.4) is 0 Å². The molecule has 0 aliphatic rings. The van der Waals surface area contributed by atoms with Gasteiger partial charge in [-0.1, -0.05) is 6.07 Å². The highest BCUT2D eigenvalue weighted by Gasteiger charge is 2.16. The van der Waals surface area contributed by atoms with Gasteiger partial charge in [0.05, 0.1) is 9.79 Å². The van der Waals surface area contributed by atoms with Crippen molar-refractivity contribution in [1.29, 1.82) is 0 Å². The first-order valence-corrected chi connectivity index (χ1v) is 7.15. The van der Waals surface area contributed by atoms with E-state index in [0.29, 0.717) is 0 Å². The molecule has 0 heterocycles. The van der Waals surface area contributed by atoms with Crippen LogP contribution in [-0.2, 0) is 21.1 Å². The third kappa shape index (κ3) is 3.38. The lowest BCUT2D eigenvalue weighted by atomic mass is 10.4. The van der Waals surface area contributed by atoms with Crippen molar-refractivity contribution in [3.05, 3.63) is 24.3 Å². The van der Waals surface area contributed by atoms with Crippen molar-refractivity contribution in [2.24, 2.45) is 0 Å². The van der Waals surface area contributed by atoms with E-state index >= 15 is 0 Å². The van der Waals surface area contributed by atoms with Gasteiger partial charge in [-0.25, -0.2) is 17.3 Å². The molecule has 0 radical (unpaired) electrons. The second kappa shape index (κ2) is 5.05. The largest absolute Gasteiger partial charge is 0.302 e. The van der Waals surface area contributed by atoms with E-state index in [-0.39, 0.29) is 15.8 Å². The van der Waals surface area contributed by atoms with E-state index in [0.717, 1.165) is 0 Å². The maximum absolute atomic E-state index is 11.7. The summed E-state index contributed by atoms with van der Waals surface area (Å²) in [5.41, 5.74) is 0. The van der Waals surface area contributed by atoms with E-state index in [1.165, 1.54) is 24.3 Å². The fraction of sp³-hybridized carbons (Fsp3) is 0.333. The molecule has 0 bridgehead atoms. The highest BCUT2D eigenvalue weighted by molar-refractivity contribution is 7.89. The summed E-state index contributed by atoms with van der Waals surface area (Å²) in [4.78, 5) is 0.0488. The number of hydrogen-bond acceptors (Lipinski definition) is 3. The molecule has 0 amide bonds. The molecular weight excluding hydrogens is 250 g/mol. The van der Waals surface area contributed by atoms with Crippen molar-refractivity contribution in [3.8, 4) is 0 Å². The number of nitrogens with one attached hydrogen (secondary N) is 1. The van der Waals surface area contributed by atoms with E-state index < -0.39 is 21.1 Å². The minimum absolute atomic E-state index is 0.0129. The molecule has 2 N–H and O–H groups in total. The molecule has 0 saturated carbocycles. The number of hydrogen-bond donors (Lipinski definition) is 2. The summed E-state index contributed by atoms with van der Waals surface area (Å²) in [7, 11) is -3.61. The Morgan fingerprint density at radius 1 is 1.38 bits per heavy atom. The third-order valence-corrected chi connectivity index (χ3v) is 4.02. The fourth-order valence-corrected chi connectivity index (χ4v) is 2.92. The van der Waals surface area contributed by atoms with Crippen molar-refractivity contribution in [2.75, 3.05) is 0 Å². The Hall–Kier alpha value is -0.760. The lowest BCUT2D eigenvalue weighted by Gasteiger charge is -2.09. The van der Waals surface area contributed by atoms with Crippen LogP contribution >= 0.6 is 0 Å². The molecule has 16 heavy (non-hydrogen) atoms. The molecule has 0 aliphatic carbocycles. The van der Waals surface area contributed by atoms with Gasteiger partial charge in [-0.2, -0.15) is 0 Å². The third-order valence-electron chi connectivity index (χ3n) is 1.71. The minimum atomic E-state index is -3.61. The molecule has 0 aromatic heterocycles. The van der Waals surface area contributed by atoms with E-state index in [9.17, 15) is 12.6 Å². The van der Waals surface area contributed by atoms with Gasteiger partial charge in [0, 0.05) is 6.04 Å². The second-order valence-corrected chi connectivity index (χ2v) is 6.18. The smallest absolute Gasteiger partial charge is 0.240 e. The number of benzene rings is 1. The van der Waals surface area contributed by atoms with Crippen LogP contribution in [0.1, 0.15) is 13.8 Å². The van der Waals surface area contributed by atoms with Gasteiger partial charge in [0.1, 0.15) is 0 Å². The van der Waals surface area contributed by atoms with Gasteiger partial charge in [0.2, 0.25) is 10.0 Å². The summed E-state index contributed by atoms with van der Waals surface area (Å²) in [6.07, 6.45) is 0. The zero-order valence-corrected chi connectivity index (χ0v) is 10.5. The van der Waals surface area contributed by atoms with E-state index in [4.69, 9.17) is 4.55 Å². The molecule has 0 saturated heterocycles. The van der Waals surface area contributed by atoms with Gasteiger partial charge < -0.3 is 4.55 Å². The topological polar surface area (TPSA) is 83.5 Å². The average Bonchev–Trinajstić information content (AvgIpc) is 2.16. The SMILES string of the molecule is CC(C)NS(=O)(=O)c1cccc(S(=O)O)c1. The van der Waals surface area contributed by atoms with Crippen molar-refractivity contribution in [3.63, 3.8) is 0 Å². The lowest BCUT2D eigenvalue weighted by molar-refractivity contribution is 0.563. The monoisotopic (exact) mass is 263 g/mol. The molecule has 1 atom stereocenters. The minimum Gasteiger partial charge on any atom is -0.302 e. The molecule has 1 aromatic carbocycles. The summed E-state index contributed by atoms with van der Waals surface area (Å²) >= 11 is -2.18. The normalized spacial score (nSPS) is 14.0. The van der Waals surface area contributed by atoms with Crippen LogP contribution < -0.4 is 4.72 Å². The quantitative estimate of drug-likeness (QED) is 0.792. The highest BCUT2D eigenvalue weighted by atomic mass is 32.2. The zero-order valence-electron chi connectivity index (χ0n) is 8.88. The number of sulfonamides is 1. The van der Waals surface area contributed by atoms with Crippen LogP contribution in [0.5, 0.6) is 0 Å². The van der Waals surface area contributed by atoms with Crippen LogP contribution in [0.15, 0.2) is 34.1 Å². The van der Waals surface area contributed by atoms with Crippen molar-refractivity contribution >= 4 is 21.1 Å². The zero-order chi connectivity index (χ0) is 12.3. The first kappa shape index (κ1) is 13.3. The standard InChI is InChI=1S/C9H13NO4S2/c1-7(2)10-16(13,14)9-5-3-4-8(6-9)15(11)12/h3-7,10H,1-2H3,(H,11,12). The molecule has 5 nitrogen and oxygen atoms in total. The van der Waals surface area contributed by atoms with Crippen LogP contribution in [0, 0.1) is 0 Å². The molecule has 90 valence electrons. The van der Waals surface area contributed by atoms with Crippen LogP contribution in [0.4, 0.5) is 0 Å². The predicted molar refractivity (Wildman–Crippen MR) is 60.9 cm³/mol. The second-order valence-electron chi connectivity index (χ2n) is 3.50. The maximum Gasteiger partial charge on any atom is 0.240 e. The molecule has 1 rings (SSSR count). The molecule has 1 unspecified atom stereocenters. The predicted octanol–water partition coefficient (Wildman–Crippen LogP) is 0.954. The molecule has 0 fully saturated rings. The van der Waals surface area contributed by atoms with Crippen LogP contribution in [-0.4, -0.2) is 23.2 Å². The Bertz CT molecular complexity index is 496.